The average molecular weight is 359 g/mol. The van der Waals surface area contributed by atoms with Crippen molar-refractivity contribution in [2.24, 2.45) is 0 Å². The summed E-state index contributed by atoms with van der Waals surface area (Å²) in [4.78, 5) is 22.6. The van der Waals surface area contributed by atoms with Crippen molar-refractivity contribution in [3.63, 3.8) is 0 Å². The SMILES string of the molecule is Cc1cccc(NC(=O)CSCCCOc2ccc(C(=O)O)cc2)c1. The summed E-state index contributed by atoms with van der Waals surface area (Å²) < 4.78 is 5.55. The third-order valence-corrected chi connectivity index (χ3v) is 4.38. The Balaban J connectivity index is 1.58. The van der Waals surface area contributed by atoms with Crippen LogP contribution in [0, 0.1) is 6.92 Å². The molecule has 5 nitrogen and oxygen atoms in total. The first kappa shape index (κ1) is 18.9. The van der Waals surface area contributed by atoms with Crippen molar-refractivity contribution >= 4 is 29.3 Å². The van der Waals surface area contributed by atoms with Crippen LogP contribution in [0.4, 0.5) is 5.69 Å². The maximum atomic E-state index is 11.9. The number of benzene rings is 2. The number of ether oxygens (including phenoxy) is 1. The second-order valence-corrected chi connectivity index (χ2v) is 6.61. The fourth-order valence-electron chi connectivity index (χ4n) is 2.13. The number of thioether (sulfide) groups is 1. The number of rotatable bonds is 9. The highest BCUT2D eigenvalue weighted by atomic mass is 32.2. The zero-order valence-electron chi connectivity index (χ0n) is 14.0. The van der Waals surface area contributed by atoms with Gasteiger partial charge in [0.2, 0.25) is 5.91 Å². The number of aryl methyl sites for hydroxylation is 1. The highest BCUT2D eigenvalue weighted by molar-refractivity contribution is 7.99. The number of aromatic carboxylic acids is 1. The first-order valence-corrected chi connectivity index (χ1v) is 9.10. The number of hydrogen-bond donors (Lipinski definition) is 2. The predicted molar refractivity (Wildman–Crippen MR) is 101 cm³/mol. The Kier molecular flexibility index (Phi) is 7.35. The van der Waals surface area contributed by atoms with E-state index in [9.17, 15) is 9.59 Å². The highest BCUT2D eigenvalue weighted by Gasteiger charge is 2.04. The number of carbonyl (C=O) groups excluding carboxylic acids is 1. The molecule has 0 fully saturated rings. The molecule has 0 bridgehead atoms. The molecule has 2 rings (SSSR count). The maximum Gasteiger partial charge on any atom is 0.335 e. The van der Waals surface area contributed by atoms with E-state index in [0.717, 1.165) is 23.4 Å². The molecule has 0 unspecified atom stereocenters. The van der Waals surface area contributed by atoms with E-state index >= 15 is 0 Å². The monoisotopic (exact) mass is 359 g/mol. The molecule has 2 N–H and O–H groups in total. The van der Waals surface area contributed by atoms with Crippen LogP contribution in [0.1, 0.15) is 22.3 Å². The lowest BCUT2D eigenvalue weighted by Crippen LogP contribution is -2.14. The zero-order valence-corrected chi connectivity index (χ0v) is 14.8. The van der Waals surface area contributed by atoms with E-state index in [1.54, 1.807) is 23.9 Å². The molecule has 0 aliphatic rings. The summed E-state index contributed by atoms with van der Waals surface area (Å²) in [6.45, 7) is 2.51. The minimum Gasteiger partial charge on any atom is -0.494 e. The molecule has 6 heteroatoms. The fourth-order valence-corrected chi connectivity index (χ4v) is 2.85. The number of carboxylic acid groups (broad SMARTS) is 1. The lowest BCUT2D eigenvalue weighted by atomic mass is 10.2. The van der Waals surface area contributed by atoms with Gasteiger partial charge < -0.3 is 15.2 Å². The number of hydrogen-bond acceptors (Lipinski definition) is 4. The normalized spacial score (nSPS) is 10.3. The van der Waals surface area contributed by atoms with Crippen molar-refractivity contribution in [2.45, 2.75) is 13.3 Å². The van der Waals surface area contributed by atoms with Crippen molar-refractivity contribution < 1.29 is 19.4 Å². The molecule has 0 saturated heterocycles. The van der Waals surface area contributed by atoms with E-state index in [1.165, 1.54) is 12.1 Å². The number of anilines is 1. The summed E-state index contributed by atoms with van der Waals surface area (Å²) >= 11 is 1.56. The summed E-state index contributed by atoms with van der Waals surface area (Å²) in [5, 5.41) is 11.7. The van der Waals surface area contributed by atoms with Crippen LogP contribution in [0.25, 0.3) is 0 Å². The fraction of sp³-hybridized carbons (Fsp3) is 0.263. The van der Waals surface area contributed by atoms with Gasteiger partial charge in [-0.15, -0.1) is 0 Å². The smallest absolute Gasteiger partial charge is 0.335 e. The Bertz CT molecular complexity index is 716. The van der Waals surface area contributed by atoms with Crippen LogP contribution in [0.3, 0.4) is 0 Å². The van der Waals surface area contributed by atoms with Crippen LogP contribution in [-0.4, -0.2) is 35.1 Å². The van der Waals surface area contributed by atoms with Crippen LogP contribution in [-0.2, 0) is 4.79 Å². The van der Waals surface area contributed by atoms with Crippen molar-refractivity contribution in [3.05, 3.63) is 59.7 Å². The molecule has 0 heterocycles. The van der Waals surface area contributed by atoms with Gasteiger partial charge in [-0.2, -0.15) is 11.8 Å². The van der Waals surface area contributed by atoms with Crippen molar-refractivity contribution in [1.82, 2.24) is 0 Å². The van der Waals surface area contributed by atoms with Gasteiger partial charge in [-0.1, -0.05) is 12.1 Å². The van der Waals surface area contributed by atoms with E-state index in [1.807, 2.05) is 31.2 Å². The lowest BCUT2D eigenvalue weighted by Gasteiger charge is -2.07. The van der Waals surface area contributed by atoms with Crippen molar-refractivity contribution in [2.75, 3.05) is 23.4 Å². The van der Waals surface area contributed by atoms with E-state index < -0.39 is 5.97 Å². The van der Waals surface area contributed by atoms with Crippen LogP contribution < -0.4 is 10.1 Å². The van der Waals surface area contributed by atoms with E-state index in [2.05, 4.69) is 5.32 Å². The third kappa shape index (κ3) is 6.89. The first-order valence-electron chi connectivity index (χ1n) is 7.95. The Morgan fingerprint density at radius 1 is 1.16 bits per heavy atom. The number of nitrogens with one attached hydrogen (secondary N) is 1. The molecule has 132 valence electrons. The van der Waals surface area contributed by atoms with Gasteiger partial charge in [0.1, 0.15) is 5.75 Å². The van der Waals surface area contributed by atoms with Gasteiger partial charge >= 0.3 is 5.97 Å². The first-order chi connectivity index (χ1) is 12.0. The van der Waals surface area contributed by atoms with Gasteiger partial charge in [-0.05, 0) is 61.1 Å². The number of carboxylic acids is 1. The zero-order chi connectivity index (χ0) is 18.1. The molecule has 0 aliphatic heterocycles. The molecule has 0 saturated carbocycles. The minimum absolute atomic E-state index is 0.0132. The predicted octanol–water partition coefficient (Wildman–Crippen LogP) is 3.83. The Hall–Kier alpha value is -2.47. The summed E-state index contributed by atoms with van der Waals surface area (Å²) in [6.07, 6.45) is 0.809. The maximum absolute atomic E-state index is 11.9. The molecule has 2 aromatic carbocycles. The molecule has 25 heavy (non-hydrogen) atoms. The number of carbonyl (C=O) groups is 2. The molecule has 1 amide bonds. The van der Waals surface area contributed by atoms with E-state index in [4.69, 9.17) is 9.84 Å². The van der Waals surface area contributed by atoms with Gasteiger partial charge in [0.15, 0.2) is 0 Å². The molecule has 0 atom stereocenters. The Morgan fingerprint density at radius 2 is 1.92 bits per heavy atom. The quantitative estimate of drug-likeness (QED) is 0.666. The van der Waals surface area contributed by atoms with Crippen LogP contribution in [0.2, 0.25) is 0 Å². The number of amides is 1. The molecule has 2 aromatic rings. The third-order valence-electron chi connectivity index (χ3n) is 3.34. The topological polar surface area (TPSA) is 75.6 Å². The molecule has 0 spiro atoms. The van der Waals surface area contributed by atoms with Gasteiger partial charge in [0.05, 0.1) is 17.9 Å². The molecular formula is C19H21NO4S. The Morgan fingerprint density at radius 3 is 2.60 bits per heavy atom. The van der Waals surface area contributed by atoms with Gasteiger partial charge in [-0.25, -0.2) is 4.79 Å². The lowest BCUT2D eigenvalue weighted by molar-refractivity contribution is -0.113. The van der Waals surface area contributed by atoms with Crippen LogP contribution >= 0.6 is 11.8 Å². The van der Waals surface area contributed by atoms with E-state index in [0.29, 0.717) is 18.1 Å². The van der Waals surface area contributed by atoms with Crippen LogP contribution in [0.5, 0.6) is 5.75 Å². The van der Waals surface area contributed by atoms with Crippen molar-refractivity contribution in [1.29, 1.82) is 0 Å². The van der Waals surface area contributed by atoms with Gasteiger partial charge in [0.25, 0.3) is 0 Å². The minimum atomic E-state index is -0.952. The second-order valence-electron chi connectivity index (χ2n) is 5.50. The molecular weight excluding hydrogens is 338 g/mol. The van der Waals surface area contributed by atoms with Crippen LogP contribution in [0.15, 0.2) is 48.5 Å². The summed E-state index contributed by atoms with van der Waals surface area (Å²) in [5.41, 5.74) is 2.17. The van der Waals surface area contributed by atoms with Gasteiger partial charge in [-0.3, -0.25) is 4.79 Å². The van der Waals surface area contributed by atoms with Gasteiger partial charge in [0, 0.05) is 5.69 Å². The summed E-state index contributed by atoms with van der Waals surface area (Å²) in [7, 11) is 0. The summed E-state index contributed by atoms with van der Waals surface area (Å²) in [5.74, 6) is 0.898. The highest BCUT2D eigenvalue weighted by Crippen LogP contribution is 2.14. The second kappa shape index (κ2) is 9.74. The Labute approximate surface area is 151 Å². The average Bonchev–Trinajstić information content (AvgIpc) is 2.58. The molecule has 0 aliphatic carbocycles. The molecule has 0 aromatic heterocycles. The summed E-state index contributed by atoms with van der Waals surface area (Å²) in [6, 6.07) is 14.0. The standard InChI is InChI=1S/C19H21NO4S/c1-14-4-2-5-16(12-14)20-18(21)13-25-11-3-10-24-17-8-6-15(7-9-17)19(22)23/h2,4-9,12H,3,10-11,13H2,1H3,(H,20,21)(H,22,23). The largest absolute Gasteiger partial charge is 0.494 e. The van der Waals surface area contributed by atoms with Crippen molar-refractivity contribution in [3.8, 4) is 5.75 Å². The van der Waals surface area contributed by atoms with E-state index in [-0.39, 0.29) is 11.5 Å². The molecule has 0 radical (unpaired) electrons.